The standard InChI is InChI=1S/C16H22FN.C2H6/c1-5-16(12(2)6-7-13(3)18-4)14-8-10-15(17)11-9-14;1-2/h6-11,13,18H,5H2,1-4H3;1-2H3/b7-6-,16-12+;. The highest BCUT2D eigenvalue weighted by Gasteiger charge is 2.03. The molecule has 0 radical (unpaired) electrons. The van der Waals surface area contributed by atoms with Crippen LogP contribution in [0, 0.1) is 5.82 Å². The number of nitrogens with one attached hydrogen (secondary N) is 1. The van der Waals surface area contributed by atoms with Crippen molar-refractivity contribution in [2.24, 2.45) is 0 Å². The maximum atomic E-state index is 12.9. The molecule has 0 bridgehead atoms. The minimum Gasteiger partial charge on any atom is -0.314 e. The van der Waals surface area contributed by atoms with Crippen molar-refractivity contribution in [1.29, 1.82) is 0 Å². The van der Waals surface area contributed by atoms with E-state index in [-0.39, 0.29) is 5.82 Å². The molecule has 0 saturated heterocycles. The van der Waals surface area contributed by atoms with Crippen molar-refractivity contribution in [3.63, 3.8) is 0 Å². The van der Waals surface area contributed by atoms with Gasteiger partial charge in [0.05, 0.1) is 0 Å². The number of halogens is 1. The van der Waals surface area contributed by atoms with Gasteiger partial charge in [0.15, 0.2) is 0 Å². The van der Waals surface area contributed by atoms with Crippen LogP contribution in [-0.2, 0) is 0 Å². The molecule has 0 aliphatic heterocycles. The molecule has 1 aromatic rings. The Morgan fingerprint density at radius 3 is 2.25 bits per heavy atom. The van der Waals surface area contributed by atoms with E-state index in [2.05, 4.69) is 38.2 Å². The number of allylic oxidation sites excluding steroid dienone is 3. The number of hydrogen-bond donors (Lipinski definition) is 1. The molecule has 112 valence electrons. The minimum atomic E-state index is -0.189. The molecule has 1 aromatic carbocycles. The zero-order valence-corrected chi connectivity index (χ0v) is 13.6. The van der Waals surface area contributed by atoms with Gasteiger partial charge in [-0.25, -0.2) is 4.39 Å². The van der Waals surface area contributed by atoms with Crippen molar-refractivity contribution in [2.45, 2.75) is 47.1 Å². The van der Waals surface area contributed by atoms with Crippen molar-refractivity contribution in [1.82, 2.24) is 5.32 Å². The Hall–Kier alpha value is -1.41. The Morgan fingerprint density at radius 2 is 1.80 bits per heavy atom. The third-order valence-electron chi connectivity index (χ3n) is 3.11. The second-order valence-corrected chi connectivity index (χ2v) is 4.46. The van der Waals surface area contributed by atoms with E-state index in [1.165, 1.54) is 23.3 Å². The second-order valence-electron chi connectivity index (χ2n) is 4.46. The lowest BCUT2D eigenvalue weighted by Gasteiger charge is -2.09. The van der Waals surface area contributed by atoms with Crippen LogP contribution in [0.2, 0.25) is 0 Å². The van der Waals surface area contributed by atoms with Gasteiger partial charge in [0.1, 0.15) is 5.82 Å². The fourth-order valence-electron chi connectivity index (χ4n) is 1.85. The van der Waals surface area contributed by atoms with E-state index in [1.807, 2.05) is 33.0 Å². The molecule has 0 heterocycles. The quantitative estimate of drug-likeness (QED) is 0.729. The Morgan fingerprint density at radius 1 is 1.25 bits per heavy atom. The van der Waals surface area contributed by atoms with Crippen molar-refractivity contribution in [3.05, 3.63) is 53.4 Å². The number of benzene rings is 1. The summed E-state index contributed by atoms with van der Waals surface area (Å²) in [6, 6.07) is 7.06. The molecular weight excluding hydrogens is 249 g/mol. The summed E-state index contributed by atoms with van der Waals surface area (Å²) in [5.41, 5.74) is 3.58. The van der Waals surface area contributed by atoms with E-state index in [4.69, 9.17) is 0 Å². The summed E-state index contributed by atoms with van der Waals surface area (Å²) in [7, 11) is 1.94. The fraction of sp³-hybridized carbons (Fsp3) is 0.444. The Labute approximate surface area is 123 Å². The summed E-state index contributed by atoms with van der Waals surface area (Å²) in [6.45, 7) is 10.3. The van der Waals surface area contributed by atoms with Gasteiger partial charge in [-0.05, 0) is 56.2 Å². The highest BCUT2D eigenvalue weighted by molar-refractivity contribution is 5.70. The molecule has 1 rings (SSSR count). The van der Waals surface area contributed by atoms with E-state index >= 15 is 0 Å². The van der Waals surface area contributed by atoms with E-state index in [1.54, 1.807) is 0 Å². The minimum absolute atomic E-state index is 0.189. The number of rotatable bonds is 5. The van der Waals surface area contributed by atoms with E-state index < -0.39 is 0 Å². The molecule has 0 fully saturated rings. The van der Waals surface area contributed by atoms with Crippen molar-refractivity contribution < 1.29 is 4.39 Å². The normalized spacial score (nSPS) is 13.6. The van der Waals surface area contributed by atoms with Crippen molar-refractivity contribution >= 4 is 5.57 Å². The zero-order chi connectivity index (χ0) is 15.5. The van der Waals surface area contributed by atoms with Crippen molar-refractivity contribution in [3.8, 4) is 0 Å². The van der Waals surface area contributed by atoms with Crippen LogP contribution in [0.5, 0.6) is 0 Å². The second kappa shape index (κ2) is 10.4. The number of likely N-dealkylation sites (N-methyl/N-ethyl adjacent to an activating group) is 1. The lowest BCUT2D eigenvalue weighted by molar-refractivity contribution is 0.627. The average molecular weight is 277 g/mol. The molecule has 0 aliphatic carbocycles. The summed E-state index contributed by atoms with van der Waals surface area (Å²) in [6.07, 6.45) is 5.20. The van der Waals surface area contributed by atoms with Gasteiger partial charge in [0.2, 0.25) is 0 Å². The van der Waals surface area contributed by atoms with Gasteiger partial charge in [-0.15, -0.1) is 0 Å². The molecular formula is C18H28FN. The molecule has 0 aromatic heterocycles. The smallest absolute Gasteiger partial charge is 0.123 e. The van der Waals surface area contributed by atoms with Gasteiger partial charge in [-0.3, -0.25) is 0 Å². The van der Waals surface area contributed by atoms with Crippen LogP contribution in [0.25, 0.3) is 5.57 Å². The third-order valence-corrected chi connectivity index (χ3v) is 3.11. The van der Waals surface area contributed by atoms with Gasteiger partial charge in [0, 0.05) is 6.04 Å². The van der Waals surface area contributed by atoms with Crippen LogP contribution in [0.15, 0.2) is 42.0 Å². The van der Waals surface area contributed by atoms with Crippen LogP contribution in [0.3, 0.4) is 0 Å². The van der Waals surface area contributed by atoms with E-state index in [0.717, 1.165) is 12.0 Å². The largest absolute Gasteiger partial charge is 0.314 e. The maximum Gasteiger partial charge on any atom is 0.123 e. The van der Waals surface area contributed by atoms with Gasteiger partial charge < -0.3 is 5.32 Å². The first-order valence-corrected chi connectivity index (χ1v) is 7.39. The fourth-order valence-corrected chi connectivity index (χ4v) is 1.85. The topological polar surface area (TPSA) is 12.0 Å². The van der Waals surface area contributed by atoms with Crippen molar-refractivity contribution in [2.75, 3.05) is 7.05 Å². The average Bonchev–Trinajstić information content (AvgIpc) is 2.49. The predicted octanol–water partition coefficient (Wildman–Crippen LogP) is 5.20. The van der Waals surface area contributed by atoms with E-state index in [0.29, 0.717) is 6.04 Å². The zero-order valence-electron chi connectivity index (χ0n) is 13.6. The molecule has 0 saturated carbocycles. The van der Waals surface area contributed by atoms with Crippen LogP contribution >= 0.6 is 0 Å². The molecule has 1 N–H and O–H groups in total. The highest BCUT2D eigenvalue weighted by atomic mass is 19.1. The molecule has 20 heavy (non-hydrogen) atoms. The van der Waals surface area contributed by atoms with Crippen LogP contribution < -0.4 is 5.32 Å². The summed E-state index contributed by atoms with van der Waals surface area (Å²) < 4.78 is 12.9. The lowest BCUT2D eigenvalue weighted by Crippen LogP contribution is -2.17. The van der Waals surface area contributed by atoms with Crippen LogP contribution in [0.4, 0.5) is 4.39 Å². The molecule has 0 aliphatic rings. The van der Waals surface area contributed by atoms with Gasteiger partial charge in [-0.1, -0.05) is 45.1 Å². The molecule has 1 nitrogen and oxygen atoms in total. The molecule has 2 heteroatoms. The van der Waals surface area contributed by atoms with Crippen LogP contribution in [-0.4, -0.2) is 13.1 Å². The summed E-state index contributed by atoms with van der Waals surface area (Å²) in [4.78, 5) is 0. The summed E-state index contributed by atoms with van der Waals surface area (Å²) >= 11 is 0. The molecule has 0 spiro atoms. The van der Waals surface area contributed by atoms with Crippen LogP contribution in [0.1, 0.15) is 46.6 Å². The first-order chi connectivity index (χ1) is 9.58. The third kappa shape index (κ3) is 6.16. The van der Waals surface area contributed by atoms with Gasteiger partial charge >= 0.3 is 0 Å². The monoisotopic (exact) mass is 277 g/mol. The Bertz CT molecular complexity index is 429. The highest BCUT2D eigenvalue weighted by Crippen LogP contribution is 2.23. The molecule has 1 atom stereocenters. The SMILES string of the molecule is CC.CC/C(=C(C)\C=C/C(C)NC)c1ccc(F)cc1. The van der Waals surface area contributed by atoms with Gasteiger partial charge in [-0.2, -0.15) is 0 Å². The molecule has 1 unspecified atom stereocenters. The Kier molecular flexibility index (Phi) is 9.65. The first-order valence-electron chi connectivity index (χ1n) is 7.39. The van der Waals surface area contributed by atoms with Gasteiger partial charge in [0.25, 0.3) is 0 Å². The first kappa shape index (κ1) is 18.6. The maximum absolute atomic E-state index is 12.9. The van der Waals surface area contributed by atoms with E-state index in [9.17, 15) is 4.39 Å². The predicted molar refractivity (Wildman–Crippen MR) is 88.3 cm³/mol. The Balaban J connectivity index is 0.00000172. The summed E-state index contributed by atoms with van der Waals surface area (Å²) in [5.74, 6) is -0.189. The number of hydrogen-bond acceptors (Lipinski definition) is 1. The molecule has 0 amide bonds. The summed E-state index contributed by atoms with van der Waals surface area (Å²) in [5, 5.41) is 3.17. The lowest BCUT2D eigenvalue weighted by atomic mass is 9.98.